The Hall–Kier alpha value is -3.64. The lowest BCUT2D eigenvalue weighted by atomic mass is 9.95. The van der Waals surface area contributed by atoms with E-state index in [9.17, 15) is 14.7 Å². The van der Waals surface area contributed by atoms with Crippen LogP contribution in [-0.4, -0.2) is 28.9 Å². The summed E-state index contributed by atoms with van der Waals surface area (Å²) in [6.45, 7) is 1.86. The molecule has 2 aromatic carbocycles. The Morgan fingerprint density at radius 1 is 1.10 bits per heavy atom. The molecule has 31 heavy (non-hydrogen) atoms. The van der Waals surface area contributed by atoms with E-state index in [1.54, 1.807) is 48.8 Å². The van der Waals surface area contributed by atoms with Crippen LogP contribution in [0.5, 0.6) is 5.75 Å². The normalized spacial score (nSPS) is 17.8. The van der Waals surface area contributed by atoms with Crippen molar-refractivity contribution in [3.63, 3.8) is 0 Å². The molecule has 1 aromatic heterocycles. The Labute approximate surface area is 184 Å². The monoisotopic (exact) mass is 434 g/mol. The Bertz CT molecular complexity index is 1210. The first-order chi connectivity index (χ1) is 14.9. The minimum Gasteiger partial charge on any atom is -0.507 e. The SMILES string of the molecule is COc1ccc(Cl)c(/C(O)=C2\C(=O)C(=O)N(c3ccccc3C)C2c2ccncc2)c1. The lowest BCUT2D eigenvalue weighted by Crippen LogP contribution is -2.30. The molecule has 4 rings (SSSR count). The van der Waals surface area contributed by atoms with E-state index in [1.165, 1.54) is 18.1 Å². The molecular formula is C24H19ClN2O4. The van der Waals surface area contributed by atoms with Crippen molar-refractivity contribution in [1.82, 2.24) is 4.98 Å². The van der Waals surface area contributed by atoms with E-state index >= 15 is 0 Å². The maximum absolute atomic E-state index is 13.2. The van der Waals surface area contributed by atoms with Crippen molar-refractivity contribution < 1.29 is 19.4 Å². The summed E-state index contributed by atoms with van der Waals surface area (Å²) in [5, 5.41) is 11.4. The summed E-state index contributed by atoms with van der Waals surface area (Å²) < 4.78 is 5.23. The van der Waals surface area contributed by atoms with Gasteiger partial charge >= 0.3 is 0 Å². The number of Topliss-reactive ketones (excluding diaryl/α,β-unsaturated/α-hetero) is 1. The highest BCUT2D eigenvalue weighted by molar-refractivity contribution is 6.52. The number of carbonyl (C=O) groups excluding carboxylic acids is 2. The fourth-order valence-electron chi connectivity index (χ4n) is 3.73. The summed E-state index contributed by atoms with van der Waals surface area (Å²) in [5.41, 5.74) is 2.21. The van der Waals surface area contributed by atoms with Crippen LogP contribution in [-0.2, 0) is 9.59 Å². The molecule has 0 saturated carbocycles. The van der Waals surface area contributed by atoms with Gasteiger partial charge in [-0.3, -0.25) is 19.5 Å². The zero-order valence-electron chi connectivity index (χ0n) is 16.9. The second-order valence-corrected chi connectivity index (χ2v) is 7.49. The van der Waals surface area contributed by atoms with Crippen LogP contribution in [0.4, 0.5) is 5.69 Å². The summed E-state index contributed by atoms with van der Waals surface area (Å²) in [4.78, 5) is 31.8. The summed E-state index contributed by atoms with van der Waals surface area (Å²) in [6.07, 6.45) is 3.15. The van der Waals surface area contributed by atoms with Gasteiger partial charge in [-0.05, 0) is 54.4 Å². The van der Waals surface area contributed by atoms with Crippen molar-refractivity contribution in [2.24, 2.45) is 0 Å². The number of hydrogen-bond donors (Lipinski definition) is 1. The number of anilines is 1. The van der Waals surface area contributed by atoms with E-state index in [4.69, 9.17) is 16.3 Å². The highest BCUT2D eigenvalue weighted by atomic mass is 35.5. The number of amides is 1. The molecule has 3 aromatic rings. The molecule has 0 bridgehead atoms. The average molecular weight is 435 g/mol. The number of ketones is 1. The molecule has 2 heterocycles. The van der Waals surface area contributed by atoms with Crippen LogP contribution in [0.15, 0.2) is 72.6 Å². The van der Waals surface area contributed by atoms with Crippen molar-refractivity contribution in [2.45, 2.75) is 13.0 Å². The number of benzene rings is 2. The molecule has 0 aliphatic carbocycles. The number of aryl methyl sites for hydroxylation is 1. The number of hydrogen-bond acceptors (Lipinski definition) is 5. The van der Waals surface area contributed by atoms with Gasteiger partial charge in [-0.2, -0.15) is 0 Å². The Morgan fingerprint density at radius 2 is 1.81 bits per heavy atom. The van der Waals surface area contributed by atoms with Gasteiger partial charge in [0, 0.05) is 23.6 Å². The fourth-order valence-corrected chi connectivity index (χ4v) is 3.94. The van der Waals surface area contributed by atoms with E-state index in [2.05, 4.69) is 4.98 Å². The van der Waals surface area contributed by atoms with Crippen LogP contribution in [0, 0.1) is 6.92 Å². The third-order valence-corrected chi connectivity index (χ3v) is 5.60. The minimum atomic E-state index is -0.841. The summed E-state index contributed by atoms with van der Waals surface area (Å²) >= 11 is 6.31. The molecule has 1 amide bonds. The quantitative estimate of drug-likeness (QED) is 0.366. The van der Waals surface area contributed by atoms with Gasteiger partial charge in [0.2, 0.25) is 0 Å². The van der Waals surface area contributed by atoms with Crippen LogP contribution in [0.25, 0.3) is 5.76 Å². The van der Waals surface area contributed by atoms with E-state index in [0.29, 0.717) is 17.0 Å². The van der Waals surface area contributed by atoms with Gasteiger partial charge in [0.1, 0.15) is 11.5 Å². The highest BCUT2D eigenvalue weighted by Crippen LogP contribution is 2.43. The first-order valence-corrected chi connectivity index (χ1v) is 9.92. The second-order valence-electron chi connectivity index (χ2n) is 7.08. The van der Waals surface area contributed by atoms with Crippen molar-refractivity contribution in [3.05, 3.63) is 94.3 Å². The molecule has 1 saturated heterocycles. The average Bonchev–Trinajstić information content (AvgIpc) is 3.05. The van der Waals surface area contributed by atoms with E-state index in [-0.39, 0.29) is 21.9 Å². The maximum atomic E-state index is 13.2. The lowest BCUT2D eigenvalue weighted by Gasteiger charge is -2.26. The molecule has 1 aliphatic rings. The van der Waals surface area contributed by atoms with E-state index < -0.39 is 17.7 Å². The molecule has 1 atom stereocenters. The van der Waals surface area contributed by atoms with Gasteiger partial charge in [0.15, 0.2) is 0 Å². The molecule has 1 unspecified atom stereocenters. The fraction of sp³-hybridized carbons (Fsp3) is 0.125. The number of methoxy groups -OCH3 is 1. The van der Waals surface area contributed by atoms with Gasteiger partial charge in [-0.1, -0.05) is 29.8 Å². The number of halogens is 1. The summed E-state index contributed by atoms with van der Waals surface area (Å²) in [6, 6.07) is 14.6. The minimum absolute atomic E-state index is 0.0467. The second kappa shape index (κ2) is 8.24. The third-order valence-electron chi connectivity index (χ3n) is 5.27. The smallest absolute Gasteiger partial charge is 0.300 e. The van der Waals surface area contributed by atoms with Gasteiger partial charge in [0.05, 0.1) is 23.7 Å². The van der Waals surface area contributed by atoms with Gasteiger partial charge in [-0.25, -0.2) is 0 Å². The molecule has 1 aliphatic heterocycles. The molecular weight excluding hydrogens is 416 g/mol. The Kier molecular flexibility index (Phi) is 5.48. The highest BCUT2D eigenvalue weighted by Gasteiger charge is 2.47. The van der Waals surface area contributed by atoms with Gasteiger partial charge in [-0.15, -0.1) is 0 Å². The molecule has 7 heteroatoms. The molecule has 0 radical (unpaired) electrons. The standard InChI is InChI=1S/C24H19ClN2O4/c1-14-5-3-4-6-19(14)27-21(15-9-11-26-12-10-15)20(23(29)24(27)30)22(28)17-13-16(31-2)7-8-18(17)25/h3-13,21,28H,1-2H3/b22-20+. The van der Waals surface area contributed by atoms with E-state index in [0.717, 1.165) is 5.56 Å². The number of nitrogens with zero attached hydrogens (tertiary/aromatic N) is 2. The lowest BCUT2D eigenvalue weighted by molar-refractivity contribution is -0.132. The van der Waals surface area contributed by atoms with Crippen molar-refractivity contribution in [2.75, 3.05) is 12.0 Å². The number of pyridine rings is 1. The Balaban J connectivity index is 1.99. The number of aliphatic hydroxyl groups is 1. The van der Waals surface area contributed by atoms with Crippen molar-refractivity contribution in [3.8, 4) is 5.75 Å². The summed E-state index contributed by atoms with van der Waals surface area (Å²) in [7, 11) is 1.49. The topological polar surface area (TPSA) is 79.7 Å². The van der Waals surface area contributed by atoms with Gasteiger partial charge < -0.3 is 9.84 Å². The third kappa shape index (κ3) is 3.55. The molecule has 156 valence electrons. The predicted octanol–water partition coefficient (Wildman–Crippen LogP) is 4.68. The zero-order chi connectivity index (χ0) is 22.1. The van der Waals surface area contributed by atoms with Crippen molar-refractivity contribution >= 4 is 34.7 Å². The number of para-hydroxylation sites is 1. The van der Waals surface area contributed by atoms with Crippen LogP contribution in [0.1, 0.15) is 22.7 Å². The van der Waals surface area contributed by atoms with Gasteiger partial charge in [0.25, 0.3) is 11.7 Å². The molecule has 1 fully saturated rings. The largest absolute Gasteiger partial charge is 0.507 e. The predicted molar refractivity (Wildman–Crippen MR) is 118 cm³/mol. The Morgan fingerprint density at radius 3 is 2.48 bits per heavy atom. The number of ether oxygens (including phenoxy) is 1. The first-order valence-electron chi connectivity index (χ1n) is 9.54. The molecule has 1 N–H and O–H groups in total. The zero-order valence-corrected chi connectivity index (χ0v) is 17.6. The number of aromatic nitrogens is 1. The number of aliphatic hydroxyl groups excluding tert-OH is 1. The van der Waals surface area contributed by atoms with Crippen molar-refractivity contribution in [1.29, 1.82) is 0 Å². The molecule has 6 nitrogen and oxygen atoms in total. The maximum Gasteiger partial charge on any atom is 0.300 e. The first kappa shape index (κ1) is 20.6. The van der Waals surface area contributed by atoms with Crippen LogP contribution >= 0.6 is 11.6 Å². The van der Waals surface area contributed by atoms with E-state index in [1.807, 2.05) is 19.1 Å². The summed E-state index contributed by atoms with van der Waals surface area (Å²) in [5.74, 6) is -1.42. The number of rotatable bonds is 4. The van der Waals surface area contributed by atoms with Crippen LogP contribution in [0.3, 0.4) is 0 Å². The molecule has 0 spiro atoms. The van der Waals surface area contributed by atoms with Crippen LogP contribution in [0.2, 0.25) is 5.02 Å². The van der Waals surface area contributed by atoms with Crippen LogP contribution < -0.4 is 9.64 Å². The number of carbonyl (C=O) groups is 2.